The number of ether oxygens (including phenoxy) is 1. The van der Waals surface area contributed by atoms with E-state index in [-0.39, 0.29) is 11.9 Å². The molecular weight excluding hydrogens is 557 g/mol. The van der Waals surface area contributed by atoms with E-state index in [1.54, 1.807) is 24.3 Å². The Balaban J connectivity index is 1.52. The molecule has 0 radical (unpaired) electrons. The zero-order valence-electron chi connectivity index (χ0n) is 25.3. The predicted octanol–water partition coefficient (Wildman–Crippen LogP) is 6.51. The molecule has 0 saturated heterocycles. The van der Waals surface area contributed by atoms with E-state index in [1.165, 1.54) is 19.3 Å². The summed E-state index contributed by atoms with van der Waals surface area (Å²) in [5.41, 5.74) is 7.21. The van der Waals surface area contributed by atoms with Gasteiger partial charge in [-0.25, -0.2) is 4.79 Å². The minimum absolute atomic E-state index is 0.117. The van der Waals surface area contributed by atoms with E-state index in [9.17, 15) is 4.79 Å². The maximum Gasteiger partial charge on any atom is 0.338 e. The van der Waals surface area contributed by atoms with Crippen LogP contribution in [0.1, 0.15) is 48.9 Å². The third-order valence-electron chi connectivity index (χ3n) is 6.34. The van der Waals surface area contributed by atoms with Gasteiger partial charge in [0.25, 0.3) is 0 Å². The lowest BCUT2D eigenvalue weighted by molar-refractivity contribution is 0.0410. The summed E-state index contributed by atoms with van der Waals surface area (Å²) in [7, 11) is -5.77. The molecule has 222 valence electrons. The van der Waals surface area contributed by atoms with Gasteiger partial charge < -0.3 is 29.3 Å². The Morgan fingerprint density at radius 1 is 0.900 bits per heavy atom. The van der Waals surface area contributed by atoms with Crippen molar-refractivity contribution in [1.29, 1.82) is 0 Å². The van der Waals surface area contributed by atoms with Gasteiger partial charge >= 0.3 is 14.5 Å². The molecule has 1 fully saturated rings. The summed E-state index contributed by atoms with van der Waals surface area (Å²) < 4.78 is 18.7. The lowest BCUT2D eigenvalue weighted by atomic mass is 9.90. The Morgan fingerprint density at radius 3 is 2.10 bits per heavy atom. The Morgan fingerprint density at radius 2 is 1.50 bits per heavy atom. The molecule has 3 rings (SSSR count). The topological polar surface area (TPSA) is 134 Å². The standard InChI is InChI=1S/C27H48N6O4Si3/c1-38(2,3)36-40(7,37-39(4,5)6)19-11-18-29-26-31-25(28)32-27(33-26)30-23-16-14-22(15-17-23)24(34)35-20-21-12-9-8-10-13-21/h14-17,21H,8-13,18-20H2,1-7H3,(H4,28,29,30,31,32,33). The van der Waals surface area contributed by atoms with Crippen molar-refractivity contribution in [3.05, 3.63) is 29.8 Å². The first-order valence-corrected chi connectivity index (χ1v) is 23.7. The second-order valence-corrected chi connectivity index (χ2v) is 25.6. The van der Waals surface area contributed by atoms with E-state index in [2.05, 4.69) is 71.4 Å². The predicted molar refractivity (Wildman–Crippen MR) is 169 cm³/mol. The monoisotopic (exact) mass is 604 g/mol. The van der Waals surface area contributed by atoms with Crippen LogP contribution in [0, 0.1) is 5.92 Å². The number of anilines is 4. The fourth-order valence-corrected chi connectivity index (χ4v) is 17.5. The number of benzene rings is 1. The zero-order chi connectivity index (χ0) is 29.4. The van der Waals surface area contributed by atoms with Crippen molar-refractivity contribution < 1.29 is 17.8 Å². The molecule has 0 aliphatic heterocycles. The number of carbonyl (C=O) groups is 1. The molecule has 13 heteroatoms. The van der Waals surface area contributed by atoms with Gasteiger partial charge in [-0.15, -0.1) is 0 Å². The molecule has 40 heavy (non-hydrogen) atoms. The van der Waals surface area contributed by atoms with Crippen LogP contribution in [0.2, 0.25) is 51.9 Å². The highest BCUT2D eigenvalue weighted by Gasteiger charge is 2.39. The number of rotatable bonds is 14. The van der Waals surface area contributed by atoms with Crippen LogP contribution in [0.15, 0.2) is 24.3 Å². The summed E-state index contributed by atoms with van der Waals surface area (Å²) >= 11 is 0. The van der Waals surface area contributed by atoms with Gasteiger partial charge in [-0.05, 0) is 101 Å². The Bertz CT molecular complexity index is 1090. The van der Waals surface area contributed by atoms with Crippen LogP contribution in [0.5, 0.6) is 0 Å². The normalized spacial score (nSPS) is 15.1. The van der Waals surface area contributed by atoms with Crippen molar-refractivity contribution in [3.63, 3.8) is 0 Å². The minimum Gasteiger partial charge on any atom is -0.462 e. The second-order valence-electron chi connectivity index (χ2n) is 12.7. The number of hydrogen-bond donors (Lipinski definition) is 3. The van der Waals surface area contributed by atoms with Gasteiger partial charge in [-0.1, -0.05) is 19.3 Å². The molecule has 1 aliphatic carbocycles. The molecule has 2 aromatic rings. The zero-order valence-corrected chi connectivity index (χ0v) is 28.3. The minimum atomic E-state index is -2.30. The van der Waals surface area contributed by atoms with E-state index >= 15 is 0 Å². The Kier molecular flexibility index (Phi) is 11.3. The summed E-state index contributed by atoms with van der Waals surface area (Å²) in [6.45, 7) is 16.6. The van der Waals surface area contributed by atoms with Crippen LogP contribution < -0.4 is 16.4 Å². The molecule has 0 spiro atoms. The summed E-state index contributed by atoms with van der Waals surface area (Å²) in [5, 5.41) is 6.41. The molecule has 0 bridgehead atoms. The van der Waals surface area contributed by atoms with Crippen LogP contribution in [0.4, 0.5) is 23.5 Å². The fraction of sp³-hybridized carbons (Fsp3) is 0.630. The molecular formula is C27H48N6O4Si3. The summed E-state index contributed by atoms with van der Waals surface area (Å²) in [4.78, 5) is 25.4. The first-order chi connectivity index (χ1) is 18.7. The van der Waals surface area contributed by atoms with Crippen molar-refractivity contribution in [3.8, 4) is 0 Å². The van der Waals surface area contributed by atoms with Crippen molar-refractivity contribution in [2.75, 3.05) is 29.5 Å². The number of esters is 1. The van der Waals surface area contributed by atoms with Crippen LogP contribution in [0.25, 0.3) is 0 Å². The number of carbonyl (C=O) groups excluding carboxylic acids is 1. The number of nitrogens with zero attached hydrogens (tertiary/aromatic N) is 3. The average molecular weight is 605 g/mol. The van der Waals surface area contributed by atoms with Crippen LogP contribution in [-0.2, 0) is 13.0 Å². The Labute approximate surface area is 242 Å². The van der Waals surface area contributed by atoms with E-state index in [1.807, 2.05) is 0 Å². The first-order valence-electron chi connectivity index (χ1n) is 14.4. The third kappa shape index (κ3) is 11.6. The number of nitrogen functional groups attached to an aromatic ring is 1. The molecule has 10 nitrogen and oxygen atoms in total. The van der Waals surface area contributed by atoms with Crippen LogP contribution in [0.3, 0.4) is 0 Å². The second kappa shape index (κ2) is 14.0. The fourth-order valence-electron chi connectivity index (χ4n) is 5.00. The van der Waals surface area contributed by atoms with Gasteiger partial charge in [-0.3, -0.25) is 0 Å². The highest BCUT2D eigenvalue weighted by Crippen LogP contribution is 2.26. The molecule has 1 heterocycles. The van der Waals surface area contributed by atoms with Crippen molar-refractivity contribution in [2.24, 2.45) is 5.92 Å². The number of hydrogen-bond acceptors (Lipinski definition) is 10. The van der Waals surface area contributed by atoms with E-state index in [0.717, 1.165) is 31.0 Å². The quantitative estimate of drug-likeness (QED) is 0.124. The summed E-state index contributed by atoms with van der Waals surface area (Å²) in [6.07, 6.45) is 6.89. The van der Waals surface area contributed by atoms with Crippen LogP contribution >= 0.6 is 0 Å². The average Bonchev–Trinajstić information content (AvgIpc) is 2.84. The van der Waals surface area contributed by atoms with Gasteiger partial charge in [0, 0.05) is 12.2 Å². The molecule has 0 amide bonds. The highest BCUT2D eigenvalue weighted by atomic mass is 28.5. The van der Waals surface area contributed by atoms with Crippen molar-refractivity contribution >= 4 is 54.7 Å². The molecule has 0 atom stereocenters. The first kappa shape index (κ1) is 32.2. The van der Waals surface area contributed by atoms with E-state index in [0.29, 0.717) is 36.5 Å². The number of nitrogens with one attached hydrogen (secondary N) is 2. The Hall–Kier alpha value is -2.33. The van der Waals surface area contributed by atoms with Gasteiger partial charge in [0.2, 0.25) is 17.8 Å². The highest BCUT2D eigenvalue weighted by molar-refractivity contribution is 6.87. The molecule has 4 N–H and O–H groups in total. The van der Waals surface area contributed by atoms with Crippen molar-refractivity contribution in [2.45, 2.75) is 90.4 Å². The summed E-state index contributed by atoms with van der Waals surface area (Å²) in [5.74, 6) is 1.03. The van der Waals surface area contributed by atoms with Gasteiger partial charge in [0.15, 0.2) is 16.6 Å². The van der Waals surface area contributed by atoms with Crippen molar-refractivity contribution in [1.82, 2.24) is 15.0 Å². The SMILES string of the molecule is C[Si](C)(C)O[Si](C)(CCCNc1nc(N)nc(Nc2ccc(C(=O)OCC3CCCCC3)cc2)n1)O[Si](C)(C)C. The maximum atomic E-state index is 12.5. The van der Waals surface area contributed by atoms with Gasteiger partial charge in [0.05, 0.1) is 12.2 Å². The molecule has 1 aromatic heterocycles. The van der Waals surface area contributed by atoms with Gasteiger partial charge in [0.1, 0.15) is 0 Å². The van der Waals surface area contributed by atoms with Gasteiger partial charge in [-0.2, -0.15) is 15.0 Å². The summed E-state index contributed by atoms with van der Waals surface area (Å²) in [6, 6.07) is 7.96. The lowest BCUT2D eigenvalue weighted by Gasteiger charge is -2.38. The lowest BCUT2D eigenvalue weighted by Crippen LogP contribution is -2.52. The maximum absolute atomic E-state index is 12.5. The smallest absolute Gasteiger partial charge is 0.338 e. The molecule has 1 saturated carbocycles. The largest absolute Gasteiger partial charge is 0.462 e. The van der Waals surface area contributed by atoms with E-state index in [4.69, 9.17) is 18.7 Å². The number of aromatic nitrogens is 3. The third-order valence-corrected chi connectivity index (χ3v) is 16.0. The molecule has 1 aliphatic rings. The molecule has 0 unspecified atom stereocenters. The van der Waals surface area contributed by atoms with E-state index < -0.39 is 25.2 Å². The molecule has 1 aromatic carbocycles. The number of nitrogens with two attached hydrogens (primary N) is 1. The van der Waals surface area contributed by atoms with Crippen LogP contribution in [-0.4, -0.2) is 59.3 Å².